The van der Waals surface area contributed by atoms with Gasteiger partial charge in [-0.05, 0) is 18.8 Å². The van der Waals surface area contributed by atoms with Crippen LogP contribution in [0.5, 0.6) is 0 Å². The van der Waals surface area contributed by atoms with Gasteiger partial charge in [0, 0.05) is 6.54 Å². The third-order valence-corrected chi connectivity index (χ3v) is 2.31. The van der Waals surface area contributed by atoms with Crippen molar-refractivity contribution in [2.24, 2.45) is 5.92 Å². The molecule has 0 heterocycles. The third-order valence-electron chi connectivity index (χ3n) is 2.31. The third kappa shape index (κ3) is 10.1. The van der Waals surface area contributed by atoms with Crippen molar-refractivity contribution < 1.29 is 19.4 Å². The summed E-state index contributed by atoms with van der Waals surface area (Å²) in [5.74, 6) is -0.824. The molecule has 0 spiro atoms. The molecule has 0 aromatic heterocycles. The summed E-state index contributed by atoms with van der Waals surface area (Å²) in [4.78, 5) is 22.4. The Balaban J connectivity index is 3.81. The number of carboxylic acid groups (broad SMARTS) is 1. The molecule has 110 valence electrons. The van der Waals surface area contributed by atoms with Crippen molar-refractivity contribution in [3.8, 4) is 0 Å². The van der Waals surface area contributed by atoms with Gasteiger partial charge in [-0.25, -0.2) is 9.59 Å². The predicted molar refractivity (Wildman–Crippen MR) is 73.0 cm³/mol. The summed E-state index contributed by atoms with van der Waals surface area (Å²) in [7, 11) is 0. The van der Waals surface area contributed by atoms with Gasteiger partial charge in [0.05, 0.1) is 13.2 Å². The van der Waals surface area contributed by atoms with Gasteiger partial charge < -0.3 is 20.5 Å². The van der Waals surface area contributed by atoms with Crippen molar-refractivity contribution in [3.05, 3.63) is 12.7 Å². The summed E-state index contributed by atoms with van der Waals surface area (Å²) in [6, 6.07) is -1.35. The van der Waals surface area contributed by atoms with Crippen LogP contribution in [0, 0.1) is 5.92 Å². The smallest absolute Gasteiger partial charge is 0.326 e. The van der Waals surface area contributed by atoms with Gasteiger partial charge in [0.2, 0.25) is 0 Å². The van der Waals surface area contributed by atoms with Gasteiger partial charge in [0.25, 0.3) is 0 Å². The molecule has 0 fully saturated rings. The highest BCUT2D eigenvalue weighted by Gasteiger charge is 2.20. The van der Waals surface area contributed by atoms with Crippen LogP contribution >= 0.6 is 0 Å². The minimum Gasteiger partial charge on any atom is -0.480 e. The highest BCUT2D eigenvalue weighted by atomic mass is 16.5. The zero-order valence-electron chi connectivity index (χ0n) is 11.6. The number of amides is 2. The second-order valence-corrected chi connectivity index (χ2v) is 4.61. The van der Waals surface area contributed by atoms with E-state index in [0.717, 1.165) is 6.42 Å². The number of urea groups is 1. The SMILES string of the molecule is C=CCCOCCNC(=O)N[C@H](CC(C)C)C(=O)O. The summed E-state index contributed by atoms with van der Waals surface area (Å²) in [6.07, 6.45) is 2.92. The lowest BCUT2D eigenvalue weighted by Gasteiger charge is -2.16. The second-order valence-electron chi connectivity index (χ2n) is 4.61. The van der Waals surface area contributed by atoms with Gasteiger partial charge in [-0.1, -0.05) is 19.9 Å². The van der Waals surface area contributed by atoms with E-state index in [4.69, 9.17) is 9.84 Å². The van der Waals surface area contributed by atoms with E-state index in [-0.39, 0.29) is 5.92 Å². The molecule has 0 rings (SSSR count). The highest BCUT2D eigenvalue weighted by molar-refractivity contribution is 5.82. The Morgan fingerprint density at radius 1 is 1.37 bits per heavy atom. The lowest BCUT2D eigenvalue weighted by Crippen LogP contribution is -2.47. The van der Waals surface area contributed by atoms with E-state index in [1.54, 1.807) is 6.08 Å². The Kier molecular flexibility index (Phi) is 9.52. The van der Waals surface area contributed by atoms with Crippen LogP contribution in [0.4, 0.5) is 4.79 Å². The van der Waals surface area contributed by atoms with Gasteiger partial charge >= 0.3 is 12.0 Å². The van der Waals surface area contributed by atoms with E-state index in [0.29, 0.717) is 26.2 Å². The molecule has 3 N–H and O–H groups in total. The molecule has 0 saturated heterocycles. The topological polar surface area (TPSA) is 87.7 Å². The molecule has 2 amide bonds. The Labute approximate surface area is 114 Å². The molecular weight excluding hydrogens is 248 g/mol. The van der Waals surface area contributed by atoms with Crippen LogP contribution in [0.3, 0.4) is 0 Å². The van der Waals surface area contributed by atoms with E-state index >= 15 is 0 Å². The first-order valence-electron chi connectivity index (χ1n) is 6.43. The molecule has 0 aromatic rings. The first-order chi connectivity index (χ1) is 8.97. The van der Waals surface area contributed by atoms with Crippen LogP contribution in [-0.2, 0) is 9.53 Å². The molecule has 6 nitrogen and oxygen atoms in total. The van der Waals surface area contributed by atoms with E-state index in [9.17, 15) is 9.59 Å². The van der Waals surface area contributed by atoms with Crippen LogP contribution < -0.4 is 10.6 Å². The molecule has 19 heavy (non-hydrogen) atoms. The minimum atomic E-state index is -1.02. The maximum Gasteiger partial charge on any atom is 0.326 e. The monoisotopic (exact) mass is 272 g/mol. The van der Waals surface area contributed by atoms with Gasteiger partial charge in [0.15, 0.2) is 0 Å². The molecule has 0 unspecified atom stereocenters. The molecule has 0 aliphatic heterocycles. The molecule has 0 bridgehead atoms. The van der Waals surface area contributed by atoms with Crippen LogP contribution in [-0.4, -0.2) is 42.9 Å². The van der Waals surface area contributed by atoms with Gasteiger partial charge in [-0.3, -0.25) is 0 Å². The van der Waals surface area contributed by atoms with E-state index in [1.165, 1.54) is 0 Å². The highest BCUT2D eigenvalue weighted by Crippen LogP contribution is 2.04. The first-order valence-corrected chi connectivity index (χ1v) is 6.43. The molecule has 0 saturated carbocycles. The quantitative estimate of drug-likeness (QED) is 0.414. The number of hydrogen-bond acceptors (Lipinski definition) is 3. The lowest BCUT2D eigenvalue weighted by atomic mass is 10.0. The maximum atomic E-state index is 11.5. The van der Waals surface area contributed by atoms with Gasteiger partial charge in [-0.15, -0.1) is 6.58 Å². The molecule has 0 aliphatic carbocycles. The fourth-order valence-corrected chi connectivity index (χ4v) is 1.41. The number of carboxylic acids is 1. The molecule has 6 heteroatoms. The van der Waals surface area contributed by atoms with Crippen LogP contribution in [0.25, 0.3) is 0 Å². The van der Waals surface area contributed by atoms with Crippen molar-refractivity contribution in [2.45, 2.75) is 32.7 Å². The van der Waals surface area contributed by atoms with Crippen LogP contribution in [0.15, 0.2) is 12.7 Å². The second kappa shape index (κ2) is 10.4. The van der Waals surface area contributed by atoms with Gasteiger partial charge in [0.1, 0.15) is 6.04 Å². The average Bonchev–Trinajstić information content (AvgIpc) is 2.32. The molecule has 0 aliphatic rings. The Morgan fingerprint density at radius 2 is 2.05 bits per heavy atom. The Bertz CT molecular complexity index is 292. The van der Waals surface area contributed by atoms with Crippen LogP contribution in [0.2, 0.25) is 0 Å². The van der Waals surface area contributed by atoms with Crippen LogP contribution in [0.1, 0.15) is 26.7 Å². The number of rotatable bonds is 10. The first kappa shape index (κ1) is 17.4. The molecule has 0 radical (unpaired) electrons. The maximum absolute atomic E-state index is 11.5. The Hall–Kier alpha value is -1.56. The molecular formula is C13H24N2O4. The number of carbonyl (C=O) groups excluding carboxylic acids is 1. The molecule has 1 atom stereocenters. The summed E-state index contributed by atoms with van der Waals surface area (Å²) in [5, 5.41) is 13.9. The van der Waals surface area contributed by atoms with Crippen molar-refractivity contribution in [1.82, 2.24) is 10.6 Å². The summed E-state index contributed by atoms with van der Waals surface area (Å²) in [6.45, 7) is 8.68. The summed E-state index contributed by atoms with van der Waals surface area (Å²) >= 11 is 0. The largest absolute Gasteiger partial charge is 0.480 e. The van der Waals surface area contributed by atoms with Crippen molar-refractivity contribution in [2.75, 3.05) is 19.8 Å². The van der Waals surface area contributed by atoms with Crippen molar-refractivity contribution >= 4 is 12.0 Å². The van der Waals surface area contributed by atoms with Gasteiger partial charge in [-0.2, -0.15) is 0 Å². The fourth-order valence-electron chi connectivity index (χ4n) is 1.41. The zero-order valence-corrected chi connectivity index (χ0v) is 11.6. The van der Waals surface area contributed by atoms with E-state index in [2.05, 4.69) is 17.2 Å². The summed E-state index contributed by atoms with van der Waals surface area (Å²) in [5.41, 5.74) is 0. The average molecular weight is 272 g/mol. The number of hydrogen-bond donors (Lipinski definition) is 3. The summed E-state index contributed by atoms with van der Waals surface area (Å²) < 4.78 is 5.21. The number of carbonyl (C=O) groups is 2. The minimum absolute atomic E-state index is 0.198. The molecule has 0 aromatic carbocycles. The fraction of sp³-hybridized carbons (Fsp3) is 0.692. The van der Waals surface area contributed by atoms with Crippen molar-refractivity contribution in [3.63, 3.8) is 0 Å². The zero-order chi connectivity index (χ0) is 14.7. The van der Waals surface area contributed by atoms with E-state index in [1.807, 2.05) is 13.8 Å². The number of aliphatic carboxylic acids is 1. The predicted octanol–water partition coefficient (Wildman–Crippen LogP) is 1.38. The Morgan fingerprint density at radius 3 is 2.58 bits per heavy atom. The number of nitrogens with one attached hydrogen (secondary N) is 2. The number of ether oxygens (including phenoxy) is 1. The van der Waals surface area contributed by atoms with E-state index < -0.39 is 18.0 Å². The standard InChI is InChI=1S/C13H24N2O4/c1-4-5-7-19-8-6-14-13(18)15-11(12(16)17)9-10(2)3/h4,10-11H,1,5-9H2,2-3H3,(H,16,17)(H2,14,15,18)/t11-/m1/s1. The normalized spacial score (nSPS) is 11.9. The van der Waals surface area contributed by atoms with Crippen molar-refractivity contribution in [1.29, 1.82) is 0 Å². The lowest BCUT2D eigenvalue weighted by molar-refractivity contribution is -0.139.